The summed E-state index contributed by atoms with van der Waals surface area (Å²) >= 11 is 0. The van der Waals surface area contributed by atoms with E-state index in [9.17, 15) is 38.4 Å². The zero-order valence-corrected chi connectivity index (χ0v) is 28.9. The van der Waals surface area contributed by atoms with Gasteiger partial charge in [-0.15, -0.1) is 0 Å². The molecule has 1 rings (SSSR count). The van der Waals surface area contributed by atoms with Gasteiger partial charge >= 0.3 is 47.5 Å². The van der Waals surface area contributed by atoms with Crippen LogP contribution in [0.4, 0.5) is 24.0 Å². The highest BCUT2D eigenvalue weighted by molar-refractivity contribution is 5.70. The molecular formula is C27H48N8O13. The fourth-order valence-corrected chi connectivity index (χ4v) is 2.99. The molecule has 0 aliphatic carbocycles. The van der Waals surface area contributed by atoms with Gasteiger partial charge in [0, 0.05) is 0 Å². The maximum absolute atomic E-state index is 12.7. The molecule has 0 saturated carbocycles. The number of carbonyl (C=O) groups excluding carboxylic acids is 5. The average molecular weight is 693 g/mol. The third-order valence-electron chi connectivity index (χ3n) is 4.71. The van der Waals surface area contributed by atoms with Crippen LogP contribution in [0.15, 0.2) is 14.4 Å². The molecule has 1 aromatic heterocycles. The Morgan fingerprint density at radius 2 is 0.604 bits per heavy atom. The predicted octanol–water partition coefficient (Wildman–Crippen LogP) is 0.661. The molecule has 0 unspecified atom stereocenters. The van der Waals surface area contributed by atoms with Crippen molar-refractivity contribution in [2.45, 2.75) is 120 Å². The Morgan fingerprint density at radius 3 is 0.792 bits per heavy atom. The van der Waals surface area contributed by atoms with E-state index in [1.165, 1.54) is 0 Å². The fourth-order valence-electron chi connectivity index (χ4n) is 2.99. The largest absolute Gasteiger partial charge is 0.447 e. The van der Waals surface area contributed by atoms with E-state index < -0.39 is 85.9 Å². The maximum atomic E-state index is 12.7. The highest BCUT2D eigenvalue weighted by Crippen LogP contribution is 1.91. The van der Waals surface area contributed by atoms with Crippen LogP contribution in [0, 0.1) is 0 Å². The minimum Gasteiger partial charge on any atom is -0.447 e. The van der Waals surface area contributed by atoms with E-state index >= 15 is 0 Å². The molecule has 21 nitrogen and oxygen atoms in total. The number of alkyl carbamates (subject to hydrolysis) is 5. The van der Waals surface area contributed by atoms with Gasteiger partial charge in [0.05, 0.1) is 37.2 Å². The van der Waals surface area contributed by atoms with Gasteiger partial charge in [-0.3, -0.25) is 0 Å². The molecule has 0 spiro atoms. The summed E-state index contributed by atoms with van der Waals surface area (Å²) in [6, 6.07) is 0. The van der Waals surface area contributed by atoms with Gasteiger partial charge in [0.15, 0.2) is 0 Å². The molecule has 274 valence electrons. The number of amides is 5. The molecule has 0 aliphatic rings. The van der Waals surface area contributed by atoms with Gasteiger partial charge < -0.3 is 50.3 Å². The van der Waals surface area contributed by atoms with Gasteiger partial charge in [-0.25, -0.2) is 52.1 Å². The molecule has 0 radical (unpaired) electrons. The number of hydrogen-bond acceptors (Lipinski definition) is 13. The lowest BCUT2D eigenvalue weighted by Gasteiger charge is -2.16. The van der Waals surface area contributed by atoms with Crippen molar-refractivity contribution < 1.29 is 47.7 Å². The van der Waals surface area contributed by atoms with Crippen LogP contribution in [-0.4, -0.2) is 81.4 Å². The molecule has 1 aromatic rings. The smallest absolute Gasteiger partial charge is 0.408 e. The third-order valence-corrected chi connectivity index (χ3v) is 4.71. The lowest BCUT2D eigenvalue weighted by Crippen LogP contribution is -2.58. The lowest BCUT2D eigenvalue weighted by molar-refractivity contribution is 0.107. The van der Waals surface area contributed by atoms with Gasteiger partial charge in [-0.1, -0.05) is 0 Å². The lowest BCUT2D eigenvalue weighted by atomic mass is 10.5. The van der Waals surface area contributed by atoms with Crippen LogP contribution < -0.4 is 43.7 Å². The highest BCUT2D eigenvalue weighted by atomic mass is 16.6. The Morgan fingerprint density at radius 1 is 0.417 bits per heavy atom. The fraction of sp³-hybridized carbons (Fsp3) is 0.704. The summed E-state index contributed by atoms with van der Waals surface area (Å²) in [6.07, 6.45) is -5.61. The van der Waals surface area contributed by atoms with Crippen LogP contribution in [0.25, 0.3) is 0 Å². The number of rotatable bonds is 13. The van der Waals surface area contributed by atoms with E-state index in [0.29, 0.717) is 13.7 Å². The number of aromatic nitrogens is 3. The molecule has 0 aliphatic heterocycles. The van der Waals surface area contributed by atoms with Crippen molar-refractivity contribution >= 4 is 30.5 Å². The summed E-state index contributed by atoms with van der Waals surface area (Å²) in [7, 11) is 0. The summed E-state index contributed by atoms with van der Waals surface area (Å²) < 4.78 is 25.7. The van der Waals surface area contributed by atoms with E-state index in [1.807, 2.05) is 0 Å². The standard InChI is InChI=1S/C18H30N6O9.C9H18N2O4/c1-10(2)31-13(25)19-7-22-16(28)23(8-20-14(26)32-11(3)4)18(30)24(17(22)29)9-21-15(27)33-12(5)6;1-6(2)14-8(12)10-5-11-9(13)15-7(3)4/h10-12H,7-9H2,1-6H3,(H,19,25)(H,20,26)(H,21,27);6-7H,5H2,1-4H3,(H,10,12)(H,11,13). The van der Waals surface area contributed by atoms with Crippen molar-refractivity contribution in [2.75, 3.05) is 6.67 Å². The average Bonchev–Trinajstić information content (AvgIpc) is 2.91. The quantitative estimate of drug-likeness (QED) is 0.141. The minimum atomic E-state index is -1.12. The van der Waals surface area contributed by atoms with Crippen LogP contribution in [0.1, 0.15) is 69.2 Å². The van der Waals surface area contributed by atoms with E-state index in [-0.39, 0.29) is 18.9 Å². The van der Waals surface area contributed by atoms with Crippen molar-refractivity contribution in [3.63, 3.8) is 0 Å². The third kappa shape index (κ3) is 18.0. The first kappa shape index (κ1) is 42.8. The molecule has 1 heterocycles. The van der Waals surface area contributed by atoms with Crippen molar-refractivity contribution in [3.05, 3.63) is 31.5 Å². The zero-order chi connectivity index (χ0) is 37.1. The first-order valence-electron chi connectivity index (χ1n) is 14.9. The van der Waals surface area contributed by atoms with Gasteiger partial charge in [-0.05, 0) is 69.2 Å². The van der Waals surface area contributed by atoms with Crippen molar-refractivity contribution in [3.8, 4) is 0 Å². The molecule has 0 saturated heterocycles. The maximum Gasteiger partial charge on any atom is 0.408 e. The molecule has 0 aromatic carbocycles. The van der Waals surface area contributed by atoms with E-state index in [2.05, 4.69) is 26.6 Å². The topological polar surface area (TPSA) is 258 Å². The molecule has 48 heavy (non-hydrogen) atoms. The van der Waals surface area contributed by atoms with Crippen LogP contribution in [-0.2, 0) is 43.7 Å². The number of nitrogens with one attached hydrogen (secondary N) is 5. The molecule has 21 heteroatoms. The summed E-state index contributed by atoms with van der Waals surface area (Å²) in [4.78, 5) is 95.3. The second-order valence-electron chi connectivity index (χ2n) is 10.9. The summed E-state index contributed by atoms with van der Waals surface area (Å²) in [5.41, 5.74) is -3.37. The normalized spacial score (nSPS) is 10.6. The van der Waals surface area contributed by atoms with E-state index in [4.69, 9.17) is 23.7 Å². The molecular weight excluding hydrogens is 644 g/mol. The summed E-state index contributed by atoms with van der Waals surface area (Å²) in [6.45, 7) is 14.6. The Balaban J connectivity index is 0.00000123. The monoisotopic (exact) mass is 692 g/mol. The van der Waals surface area contributed by atoms with Crippen LogP contribution in [0.5, 0.6) is 0 Å². The van der Waals surface area contributed by atoms with Crippen LogP contribution in [0.3, 0.4) is 0 Å². The summed E-state index contributed by atoms with van der Waals surface area (Å²) in [5.74, 6) is 0. The zero-order valence-electron chi connectivity index (χ0n) is 28.9. The Labute approximate surface area is 276 Å². The van der Waals surface area contributed by atoms with Gasteiger partial charge in [-0.2, -0.15) is 0 Å². The Kier molecular flexibility index (Phi) is 19.2. The van der Waals surface area contributed by atoms with Gasteiger partial charge in [0.2, 0.25) is 0 Å². The minimum absolute atomic E-state index is 0.0168. The van der Waals surface area contributed by atoms with Crippen molar-refractivity contribution in [1.82, 2.24) is 40.3 Å². The first-order valence-corrected chi connectivity index (χ1v) is 14.9. The molecule has 0 bridgehead atoms. The SMILES string of the molecule is CC(C)OC(=O)NCNC(=O)OC(C)C.CC(C)OC(=O)NCn1c(=O)n(CNC(=O)OC(C)C)c(=O)n(CNC(=O)OC(C)C)c1=O. The molecule has 0 fully saturated rings. The van der Waals surface area contributed by atoms with E-state index in [0.717, 1.165) is 0 Å². The van der Waals surface area contributed by atoms with Gasteiger partial charge in [0.25, 0.3) is 0 Å². The predicted molar refractivity (Wildman–Crippen MR) is 168 cm³/mol. The molecule has 5 amide bonds. The number of hydrogen-bond donors (Lipinski definition) is 5. The second kappa shape index (κ2) is 21.5. The number of nitrogens with zero attached hydrogens (tertiary/aromatic N) is 3. The van der Waals surface area contributed by atoms with Crippen LogP contribution in [0.2, 0.25) is 0 Å². The Hall–Kier alpha value is -5.24. The number of ether oxygens (including phenoxy) is 5. The Bertz CT molecular complexity index is 1220. The summed E-state index contributed by atoms with van der Waals surface area (Å²) in [5, 5.41) is 11.3. The van der Waals surface area contributed by atoms with Crippen molar-refractivity contribution in [1.29, 1.82) is 0 Å². The number of carbonyl (C=O) groups is 5. The molecule has 0 atom stereocenters. The van der Waals surface area contributed by atoms with Crippen molar-refractivity contribution in [2.24, 2.45) is 0 Å². The first-order chi connectivity index (χ1) is 22.2. The van der Waals surface area contributed by atoms with Crippen LogP contribution >= 0.6 is 0 Å². The second-order valence-corrected chi connectivity index (χ2v) is 10.9. The highest BCUT2D eigenvalue weighted by Gasteiger charge is 2.18. The molecule has 5 N–H and O–H groups in total. The van der Waals surface area contributed by atoms with E-state index in [1.54, 1.807) is 69.2 Å². The van der Waals surface area contributed by atoms with Gasteiger partial charge in [0.1, 0.15) is 20.0 Å².